The molecule has 0 aliphatic heterocycles. The first-order valence-corrected chi connectivity index (χ1v) is 9.87. The van der Waals surface area contributed by atoms with Crippen LogP contribution in [0.5, 0.6) is 5.75 Å². The molecule has 1 N–H and O–H groups in total. The minimum Gasteiger partial charge on any atom is -0.494 e. The SMILES string of the molecule is CCOc1ccc(CNC2CCCc3c2cnn3Cc2ccccc2)cc1. The third kappa shape index (κ3) is 4.22. The van der Waals surface area contributed by atoms with Gasteiger partial charge in [-0.25, -0.2) is 0 Å². The van der Waals surface area contributed by atoms with Gasteiger partial charge in [0.1, 0.15) is 5.75 Å². The number of nitrogens with one attached hydrogen (secondary N) is 1. The zero-order valence-corrected chi connectivity index (χ0v) is 15.9. The van der Waals surface area contributed by atoms with Gasteiger partial charge in [-0.05, 0) is 49.4 Å². The molecule has 140 valence electrons. The molecule has 1 unspecified atom stereocenters. The van der Waals surface area contributed by atoms with Crippen molar-refractivity contribution in [3.8, 4) is 5.75 Å². The summed E-state index contributed by atoms with van der Waals surface area (Å²) in [6.07, 6.45) is 5.55. The highest BCUT2D eigenvalue weighted by atomic mass is 16.5. The van der Waals surface area contributed by atoms with Crippen LogP contribution in [-0.2, 0) is 19.5 Å². The Kier molecular flexibility index (Phi) is 5.54. The number of rotatable bonds is 7. The average molecular weight is 361 g/mol. The number of nitrogens with zero attached hydrogens (tertiary/aromatic N) is 2. The quantitative estimate of drug-likeness (QED) is 0.673. The maximum atomic E-state index is 5.52. The first-order chi connectivity index (χ1) is 13.3. The topological polar surface area (TPSA) is 39.1 Å². The number of fused-ring (bicyclic) bond motifs is 1. The number of hydrogen-bond donors (Lipinski definition) is 1. The van der Waals surface area contributed by atoms with Crippen LogP contribution < -0.4 is 10.1 Å². The molecule has 1 aliphatic carbocycles. The first-order valence-electron chi connectivity index (χ1n) is 9.87. The van der Waals surface area contributed by atoms with Crippen LogP contribution in [0.3, 0.4) is 0 Å². The van der Waals surface area contributed by atoms with E-state index in [2.05, 4.69) is 58.7 Å². The van der Waals surface area contributed by atoms with E-state index in [-0.39, 0.29) is 0 Å². The summed E-state index contributed by atoms with van der Waals surface area (Å²) in [6, 6.07) is 19.3. The molecule has 0 spiro atoms. The van der Waals surface area contributed by atoms with Crippen LogP contribution >= 0.6 is 0 Å². The zero-order chi connectivity index (χ0) is 18.5. The van der Waals surface area contributed by atoms with E-state index in [9.17, 15) is 0 Å². The van der Waals surface area contributed by atoms with Crippen molar-refractivity contribution in [2.45, 2.75) is 45.3 Å². The maximum Gasteiger partial charge on any atom is 0.119 e. The Balaban J connectivity index is 1.42. The molecule has 0 saturated heterocycles. The summed E-state index contributed by atoms with van der Waals surface area (Å²) < 4.78 is 7.70. The lowest BCUT2D eigenvalue weighted by Gasteiger charge is -2.24. The average Bonchev–Trinajstić information content (AvgIpc) is 3.12. The molecular weight excluding hydrogens is 334 g/mol. The van der Waals surface area contributed by atoms with Crippen LogP contribution in [0, 0.1) is 0 Å². The van der Waals surface area contributed by atoms with Gasteiger partial charge in [0, 0.05) is 23.8 Å². The Bertz CT molecular complexity index is 855. The number of ether oxygens (including phenoxy) is 1. The lowest BCUT2D eigenvalue weighted by molar-refractivity contribution is 0.340. The molecule has 1 aromatic heterocycles. The van der Waals surface area contributed by atoms with Gasteiger partial charge in [0.25, 0.3) is 0 Å². The highest BCUT2D eigenvalue weighted by Crippen LogP contribution is 2.30. The van der Waals surface area contributed by atoms with Gasteiger partial charge in [0.05, 0.1) is 19.3 Å². The Hall–Kier alpha value is -2.59. The lowest BCUT2D eigenvalue weighted by atomic mass is 9.92. The molecule has 4 heteroatoms. The second-order valence-corrected chi connectivity index (χ2v) is 7.09. The third-order valence-electron chi connectivity index (χ3n) is 5.22. The molecule has 2 aromatic carbocycles. The minimum absolute atomic E-state index is 0.379. The maximum absolute atomic E-state index is 5.52. The van der Waals surface area contributed by atoms with Crippen molar-refractivity contribution in [1.29, 1.82) is 0 Å². The van der Waals surface area contributed by atoms with Crippen LogP contribution in [-0.4, -0.2) is 16.4 Å². The third-order valence-corrected chi connectivity index (χ3v) is 5.22. The Morgan fingerprint density at radius 3 is 2.67 bits per heavy atom. The van der Waals surface area contributed by atoms with Crippen molar-refractivity contribution in [3.05, 3.63) is 83.2 Å². The van der Waals surface area contributed by atoms with Crippen LogP contribution in [0.1, 0.15) is 48.2 Å². The molecule has 4 nitrogen and oxygen atoms in total. The van der Waals surface area contributed by atoms with Gasteiger partial charge in [-0.3, -0.25) is 4.68 Å². The van der Waals surface area contributed by atoms with E-state index in [0.29, 0.717) is 12.6 Å². The van der Waals surface area contributed by atoms with Crippen molar-refractivity contribution in [2.24, 2.45) is 0 Å². The summed E-state index contributed by atoms with van der Waals surface area (Å²) in [5.74, 6) is 0.934. The van der Waals surface area contributed by atoms with E-state index in [1.807, 2.05) is 19.1 Å². The minimum atomic E-state index is 0.379. The molecule has 1 atom stereocenters. The van der Waals surface area contributed by atoms with Gasteiger partial charge < -0.3 is 10.1 Å². The molecule has 0 bridgehead atoms. The van der Waals surface area contributed by atoms with E-state index in [1.165, 1.54) is 35.2 Å². The van der Waals surface area contributed by atoms with E-state index in [0.717, 1.165) is 25.3 Å². The van der Waals surface area contributed by atoms with Gasteiger partial charge in [-0.15, -0.1) is 0 Å². The predicted octanol–water partition coefficient (Wildman–Crippen LogP) is 4.50. The molecule has 1 aliphatic rings. The lowest BCUT2D eigenvalue weighted by Crippen LogP contribution is -2.25. The van der Waals surface area contributed by atoms with E-state index < -0.39 is 0 Å². The Morgan fingerprint density at radius 1 is 1.07 bits per heavy atom. The summed E-state index contributed by atoms with van der Waals surface area (Å²) in [5, 5.41) is 8.42. The molecule has 4 rings (SSSR count). The van der Waals surface area contributed by atoms with E-state index in [1.54, 1.807) is 0 Å². The monoisotopic (exact) mass is 361 g/mol. The highest BCUT2D eigenvalue weighted by Gasteiger charge is 2.23. The fraction of sp³-hybridized carbons (Fsp3) is 0.348. The Labute approximate surface area is 161 Å². The standard InChI is InChI=1S/C23H27N3O/c1-2-27-20-13-11-18(12-14-20)15-24-22-9-6-10-23-21(22)16-25-26(23)17-19-7-4-3-5-8-19/h3-5,7-8,11-14,16,22,24H,2,6,9-10,15,17H2,1H3. The number of benzene rings is 2. The van der Waals surface area contributed by atoms with Crippen LogP contribution in [0.25, 0.3) is 0 Å². The fourth-order valence-electron chi connectivity index (χ4n) is 3.83. The van der Waals surface area contributed by atoms with Gasteiger partial charge in [0.15, 0.2) is 0 Å². The molecule has 0 saturated carbocycles. The van der Waals surface area contributed by atoms with Crippen molar-refractivity contribution in [1.82, 2.24) is 15.1 Å². The zero-order valence-electron chi connectivity index (χ0n) is 15.9. The summed E-state index contributed by atoms with van der Waals surface area (Å²) in [4.78, 5) is 0. The summed E-state index contributed by atoms with van der Waals surface area (Å²) in [5.41, 5.74) is 5.33. The molecule has 0 radical (unpaired) electrons. The van der Waals surface area contributed by atoms with E-state index in [4.69, 9.17) is 9.84 Å². The van der Waals surface area contributed by atoms with E-state index >= 15 is 0 Å². The van der Waals surface area contributed by atoms with Gasteiger partial charge in [0.2, 0.25) is 0 Å². The summed E-state index contributed by atoms with van der Waals surface area (Å²) >= 11 is 0. The molecule has 3 aromatic rings. The van der Waals surface area contributed by atoms with Crippen LogP contribution in [0.15, 0.2) is 60.8 Å². The molecular formula is C23H27N3O. The second-order valence-electron chi connectivity index (χ2n) is 7.09. The Morgan fingerprint density at radius 2 is 1.89 bits per heavy atom. The van der Waals surface area contributed by atoms with Crippen molar-refractivity contribution in [2.75, 3.05) is 6.61 Å². The summed E-state index contributed by atoms with van der Waals surface area (Å²) in [7, 11) is 0. The van der Waals surface area contributed by atoms with Gasteiger partial charge in [-0.2, -0.15) is 5.10 Å². The highest BCUT2D eigenvalue weighted by molar-refractivity contribution is 5.29. The fourth-order valence-corrected chi connectivity index (χ4v) is 3.83. The first kappa shape index (κ1) is 17.8. The smallest absolute Gasteiger partial charge is 0.119 e. The number of aromatic nitrogens is 2. The second kappa shape index (κ2) is 8.40. The molecule has 0 fully saturated rings. The van der Waals surface area contributed by atoms with Crippen molar-refractivity contribution in [3.63, 3.8) is 0 Å². The summed E-state index contributed by atoms with van der Waals surface area (Å²) in [6.45, 7) is 4.42. The van der Waals surface area contributed by atoms with Crippen molar-refractivity contribution < 1.29 is 4.74 Å². The van der Waals surface area contributed by atoms with Gasteiger partial charge >= 0.3 is 0 Å². The predicted molar refractivity (Wildman–Crippen MR) is 108 cm³/mol. The molecule has 0 amide bonds. The van der Waals surface area contributed by atoms with Gasteiger partial charge in [-0.1, -0.05) is 42.5 Å². The molecule has 27 heavy (non-hydrogen) atoms. The normalized spacial score (nSPS) is 16.1. The molecule has 1 heterocycles. The largest absolute Gasteiger partial charge is 0.494 e. The van der Waals surface area contributed by atoms with Crippen LogP contribution in [0.2, 0.25) is 0 Å². The van der Waals surface area contributed by atoms with Crippen molar-refractivity contribution >= 4 is 0 Å². The number of hydrogen-bond acceptors (Lipinski definition) is 3. The van der Waals surface area contributed by atoms with Crippen LogP contribution in [0.4, 0.5) is 0 Å².